The lowest BCUT2D eigenvalue weighted by Gasteiger charge is -2.17. The third-order valence-electron chi connectivity index (χ3n) is 3.51. The van der Waals surface area contributed by atoms with Crippen LogP contribution in [0.5, 0.6) is 0 Å². The summed E-state index contributed by atoms with van der Waals surface area (Å²) in [7, 11) is 0. The van der Waals surface area contributed by atoms with Crippen molar-refractivity contribution in [1.29, 1.82) is 0 Å². The summed E-state index contributed by atoms with van der Waals surface area (Å²) in [6.45, 7) is 4.70. The number of rotatable bonds is 2. The Balaban J connectivity index is 2.19. The van der Waals surface area contributed by atoms with Crippen LogP contribution >= 0.6 is 0 Å². The van der Waals surface area contributed by atoms with E-state index in [0.29, 0.717) is 29.8 Å². The second-order valence-corrected chi connectivity index (χ2v) is 5.01. The van der Waals surface area contributed by atoms with Crippen LogP contribution in [0.2, 0.25) is 0 Å². The molecular formula is C14H18FNO2. The molecule has 0 spiro atoms. The van der Waals surface area contributed by atoms with E-state index in [1.165, 1.54) is 0 Å². The zero-order valence-electron chi connectivity index (χ0n) is 10.7. The van der Waals surface area contributed by atoms with Crippen molar-refractivity contribution in [2.75, 3.05) is 19.7 Å². The van der Waals surface area contributed by atoms with Crippen molar-refractivity contribution in [3.63, 3.8) is 0 Å². The number of aliphatic hydroxyl groups is 1. The molecule has 1 aromatic rings. The summed E-state index contributed by atoms with van der Waals surface area (Å²) < 4.78 is 13.5. The SMILES string of the molecule is Cc1cc(C(=O)N2CCC(CO)C2)cc(C)c1F. The van der Waals surface area contributed by atoms with Crippen molar-refractivity contribution in [1.82, 2.24) is 4.90 Å². The van der Waals surface area contributed by atoms with E-state index in [-0.39, 0.29) is 24.2 Å². The van der Waals surface area contributed by atoms with Gasteiger partial charge in [-0.1, -0.05) is 0 Å². The first-order chi connectivity index (χ1) is 8.52. The summed E-state index contributed by atoms with van der Waals surface area (Å²) in [5.41, 5.74) is 1.53. The predicted molar refractivity (Wildman–Crippen MR) is 67.0 cm³/mol. The van der Waals surface area contributed by atoms with Gasteiger partial charge in [-0.05, 0) is 43.5 Å². The molecule has 1 aromatic carbocycles. The molecule has 1 N–H and O–H groups in total. The highest BCUT2D eigenvalue weighted by Gasteiger charge is 2.26. The average molecular weight is 251 g/mol. The van der Waals surface area contributed by atoms with Crippen LogP contribution in [0, 0.1) is 25.6 Å². The summed E-state index contributed by atoms with van der Waals surface area (Å²) in [5, 5.41) is 9.07. The fraction of sp³-hybridized carbons (Fsp3) is 0.500. The number of halogens is 1. The van der Waals surface area contributed by atoms with Crippen LogP contribution in [0.15, 0.2) is 12.1 Å². The molecule has 1 unspecified atom stereocenters. The lowest BCUT2D eigenvalue weighted by atomic mass is 10.1. The molecule has 1 saturated heterocycles. The maximum atomic E-state index is 13.5. The van der Waals surface area contributed by atoms with E-state index in [9.17, 15) is 9.18 Å². The van der Waals surface area contributed by atoms with Crippen molar-refractivity contribution >= 4 is 5.91 Å². The number of carbonyl (C=O) groups excluding carboxylic acids is 1. The molecule has 1 fully saturated rings. The molecule has 98 valence electrons. The molecule has 1 amide bonds. The molecule has 2 rings (SSSR count). The lowest BCUT2D eigenvalue weighted by molar-refractivity contribution is 0.0781. The Labute approximate surface area is 106 Å². The molecule has 1 aliphatic heterocycles. The third-order valence-corrected chi connectivity index (χ3v) is 3.51. The number of carbonyl (C=O) groups is 1. The number of amides is 1. The summed E-state index contributed by atoms with van der Waals surface area (Å²) in [6, 6.07) is 3.19. The van der Waals surface area contributed by atoms with E-state index in [0.717, 1.165) is 6.42 Å². The number of hydrogen-bond donors (Lipinski definition) is 1. The Bertz CT molecular complexity index is 450. The highest BCUT2D eigenvalue weighted by Crippen LogP contribution is 2.21. The summed E-state index contributed by atoms with van der Waals surface area (Å²) in [6.07, 6.45) is 0.835. The van der Waals surface area contributed by atoms with Gasteiger partial charge in [0.25, 0.3) is 5.91 Å². The van der Waals surface area contributed by atoms with Gasteiger partial charge in [0.05, 0.1) is 0 Å². The van der Waals surface area contributed by atoms with Crippen LogP contribution in [0.25, 0.3) is 0 Å². The van der Waals surface area contributed by atoms with E-state index in [1.54, 1.807) is 30.9 Å². The smallest absolute Gasteiger partial charge is 0.253 e. The first kappa shape index (κ1) is 13.0. The Morgan fingerprint density at radius 3 is 2.56 bits per heavy atom. The molecule has 0 radical (unpaired) electrons. The van der Waals surface area contributed by atoms with Crippen molar-refractivity contribution in [2.45, 2.75) is 20.3 Å². The second kappa shape index (κ2) is 5.06. The normalized spacial score (nSPS) is 19.3. The first-order valence-corrected chi connectivity index (χ1v) is 6.19. The molecule has 0 saturated carbocycles. The third kappa shape index (κ3) is 2.38. The quantitative estimate of drug-likeness (QED) is 0.872. The van der Waals surface area contributed by atoms with Gasteiger partial charge in [-0.25, -0.2) is 4.39 Å². The number of nitrogens with zero attached hydrogens (tertiary/aromatic N) is 1. The van der Waals surface area contributed by atoms with Gasteiger partial charge in [0.2, 0.25) is 0 Å². The topological polar surface area (TPSA) is 40.5 Å². The van der Waals surface area contributed by atoms with Gasteiger partial charge in [-0.2, -0.15) is 0 Å². The summed E-state index contributed by atoms with van der Waals surface area (Å²) in [5.74, 6) is -0.144. The molecule has 0 aliphatic carbocycles. The van der Waals surface area contributed by atoms with Crippen LogP contribution in [-0.2, 0) is 0 Å². The van der Waals surface area contributed by atoms with Crippen LogP contribution in [0.4, 0.5) is 4.39 Å². The van der Waals surface area contributed by atoms with Gasteiger partial charge in [-0.15, -0.1) is 0 Å². The van der Waals surface area contributed by atoms with E-state index in [1.807, 2.05) is 0 Å². The first-order valence-electron chi connectivity index (χ1n) is 6.19. The van der Waals surface area contributed by atoms with Crippen LogP contribution in [-0.4, -0.2) is 35.6 Å². The number of benzene rings is 1. The molecule has 0 bridgehead atoms. The predicted octanol–water partition coefficient (Wildman–Crippen LogP) is 1.90. The molecule has 0 aromatic heterocycles. The molecule has 3 nitrogen and oxygen atoms in total. The fourth-order valence-electron chi connectivity index (χ4n) is 2.42. The zero-order chi connectivity index (χ0) is 13.3. The van der Waals surface area contributed by atoms with E-state index in [2.05, 4.69) is 0 Å². The van der Waals surface area contributed by atoms with Gasteiger partial charge in [-0.3, -0.25) is 4.79 Å². The van der Waals surface area contributed by atoms with Crippen molar-refractivity contribution in [3.05, 3.63) is 34.6 Å². The summed E-state index contributed by atoms with van der Waals surface area (Å²) >= 11 is 0. The van der Waals surface area contributed by atoms with Crippen molar-refractivity contribution in [2.24, 2.45) is 5.92 Å². The standard InChI is InChI=1S/C14H18FNO2/c1-9-5-12(6-10(2)13(9)15)14(18)16-4-3-11(7-16)8-17/h5-6,11,17H,3-4,7-8H2,1-2H3. The Hall–Kier alpha value is -1.42. The fourth-order valence-corrected chi connectivity index (χ4v) is 2.42. The minimum Gasteiger partial charge on any atom is -0.396 e. The highest BCUT2D eigenvalue weighted by atomic mass is 19.1. The van der Waals surface area contributed by atoms with Gasteiger partial charge < -0.3 is 10.0 Å². The van der Waals surface area contributed by atoms with Gasteiger partial charge in [0.15, 0.2) is 0 Å². The van der Waals surface area contributed by atoms with Gasteiger partial charge in [0.1, 0.15) is 5.82 Å². The number of hydrogen-bond acceptors (Lipinski definition) is 2. The van der Waals surface area contributed by atoms with Crippen molar-refractivity contribution < 1.29 is 14.3 Å². The number of aryl methyl sites for hydroxylation is 2. The minimum atomic E-state index is -0.249. The van der Waals surface area contributed by atoms with Crippen LogP contribution < -0.4 is 0 Å². The average Bonchev–Trinajstić information content (AvgIpc) is 2.83. The van der Waals surface area contributed by atoms with E-state index in [4.69, 9.17) is 5.11 Å². The molecule has 1 atom stereocenters. The second-order valence-electron chi connectivity index (χ2n) is 5.01. The molecule has 1 heterocycles. The Morgan fingerprint density at radius 1 is 1.44 bits per heavy atom. The lowest BCUT2D eigenvalue weighted by Crippen LogP contribution is -2.29. The van der Waals surface area contributed by atoms with E-state index >= 15 is 0 Å². The summed E-state index contributed by atoms with van der Waals surface area (Å²) in [4.78, 5) is 14.0. The van der Waals surface area contributed by atoms with Gasteiger partial charge >= 0.3 is 0 Å². The molecule has 4 heteroatoms. The zero-order valence-corrected chi connectivity index (χ0v) is 10.7. The molecular weight excluding hydrogens is 233 g/mol. The Morgan fingerprint density at radius 2 is 2.06 bits per heavy atom. The largest absolute Gasteiger partial charge is 0.396 e. The van der Waals surface area contributed by atoms with Gasteiger partial charge in [0, 0.05) is 31.2 Å². The number of likely N-dealkylation sites (tertiary alicyclic amines) is 1. The molecule has 18 heavy (non-hydrogen) atoms. The van der Waals surface area contributed by atoms with E-state index < -0.39 is 0 Å². The monoisotopic (exact) mass is 251 g/mol. The molecule has 1 aliphatic rings. The Kier molecular flexibility index (Phi) is 3.66. The highest BCUT2D eigenvalue weighted by molar-refractivity contribution is 5.94. The maximum absolute atomic E-state index is 13.5. The van der Waals surface area contributed by atoms with Crippen molar-refractivity contribution in [3.8, 4) is 0 Å². The van der Waals surface area contributed by atoms with Crippen LogP contribution in [0.3, 0.4) is 0 Å². The maximum Gasteiger partial charge on any atom is 0.253 e. The minimum absolute atomic E-state index is 0.0721. The van der Waals surface area contributed by atoms with Crippen LogP contribution in [0.1, 0.15) is 27.9 Å². The number of aliphatic hydroxyl groups excluding tert-OH is 1.